The standard InChI is InChI=1S/C20H36N6/c1-5-17(6-2)15-23-20(21-7-3)24-16-18-9-8-10-22-19(18)26-13-11-25(4)12-14-26/h8-10,17H,5-7,11-16H2,1-4H3,(H2,21,23,24). The van der Waals surface area contributed by atoms with Gasteiger partial charge in [0, 0.05) is 51.0 Å². The quantitative estimate of drug-likeness (QED) is 0.550. The second-order valence-corrected chi connectivity index (χ2v) is 7.04. The number of pyridine rings is 1. The van der Waals surface area contributed by atoms with Crippen molar-refractivity contribution < 1.29 is 0 Å². The van der Waals surface area contributed by atoms with E-state index in [1.165, 1.54) is 18.4 Å². The maximum atomic E-state index is 4.81. The van der Waals surface area contributed by atoms with Crippen molar-refractivity contribution in [1.82, 2.24) is 20.5 Å². The Kier molecular flexibility index (Phi) is 8.68. The minimum absolute atomic E-state index is 0.647. The lowest BCUT2D eigenvalue weighted by atomic mass is 10.0. The van der Waals surface area contributed by atoms with Crippen LogP contribution >= 0.6 is 0 Å². The monoisotopic (exact) mass is 360 g/mol. The molecule has 1 saturated heterocycles. The first-order chi connectivity index (χ1) is 12.7. The molecule has 1 fully saturated rings. The molecule has 146 valence electrons. The lowest BCUT2D eigenvalue weighted by Gasteiger charge is -2.34. The minimum atomic E-state index is 0.647. The SMILES string of the molecule is CCNC(=NCc1cccnc1N1CCN(C)CC1)NCC(CC)CC. The molecular formula is C20H36N6. The van der Waals surface area contributed by atoms with Gasteiger partial charge >= 0.3 is 0 Å². The first kappa shape index (κ1) is 20.5. The first-order valence-electron chi connectivity index (χ1n) is 10.1. The van der Waals surface area contributed by atoms with Gasteiger partial charge in [-0.3, -0.25) is 0 Å². The van der Waals surface area contributed by atoms with E-state index < -0.39 is 0 Å². The summed E-state index contributed by atoms with van der Waals surface area (Å²) in [6.45, 7) is 13.3. The highest BCUT2D eigenvalue weighted by Gasteiger charge is 2.17. The third-order valence-electron chi connectivity index (χ3n) is 5.13. The zero-order valence-electron chi connectivity index (χ0n) is 17.0. The Morgan fingerprint density at radius 3 is 2.54 bits per heavy atom. The topological polar surface area (TPSA) is 55.8 Å². The summed E-state index contributed by atoms with van der Waals surface area (Å²) in [5.41, 5.74) is 1.19. The van der Waals surface area contributed by atoms with Crippen LogP contribution in [0.4, 0.5) is 5.82 Å². The van der Waals surface area contributed by atoms with Crippen molar-refractivity contribution in [2.45, 2.75) is 40.2 Å². The summed E-state index contributed by atoms with van der Waals surface area (Å²) in [4.78, 5) is 14.2. The lowest BCUT2D eigenvalue weighted by molar-refractivity contribution is 0.312. The summed E-state index contributed by atoms with van der Waals surface area (Å²) in [6.07, 6.45) is 4.27. The van der Waals surface area contributed by atoms with Crippen LogP contribution < -0.4 is 15.5 Å². The van der Waals surface area contributed by atoms with Crippen LogP contribution in [0.3, 0.4) is 0 Å². The summed E-state index contributed by atoms with van der Waals surface area (Å²) in [5, 5.41) is 6.86. The summed E-state index contributed by atoms with van der Waals surface area (Å²) in [7, 11) is 2.18. The van der Waals surface area contributed by atoms with E-state index in [1.807, 2.05) is 12.3 Å². The smallest absolute Gasteiger partial charge is 0.191 e. The molecule has 0 unspecified atom stereocenters. The number of likely N-dealkylation sites (N-methyl/N-ethyl adjacent to an activating group) is 1. The van der Waals surface area contributed by atoms with E-state index in [1.54, 1.807) is 0 Å². The Bertz CT molecular complexity index is 547. The van der Waals surface area contributed by atoms with Gasteiger partial charge in [0.25, 0.3) is 0 Å². The molecule has 26 heavy (non-hydrogen) atoms. The Balaban J connectivity index is 2.04. The predicted octanol–water partition coefficient (Wildman–Crippen LogP) is 2.32. The summed E-state index contributed by atoms with van der Waals surface area (Å²) in [5.74, 6) is 2.67. The van der Waals surface area contributed by atoms with Crippen LogP contribution in [0.5, 0.6) is 0 Å². The lowest BCUT2D eigenvalue weighted by Crippen LogP contribution is -2.45. The molecule has 0 aliphatic carbocycles. The van der Waals surface area contributed by atoms with Gasteiger partial charge in [0.15, 0.2) is 5.96 Å². The van der Waals surface area contributed by atoms with Crippen LogP contribution in [-0.2, 0) is 6.54 Å². The van der Waals surface area contributed by atoms with E-state index in [2.05, 4.69) is 59.3 Å². The molecule has 0 saturated carbocycles. The molecule has 0 radical (unpaired) electrons. The fourth-order valence-corrected chi connectivity index (χ4v) is 3.18. The van der Waals surface area contributed by atoms with E-state index in [-0.39, 0.29) is 0 Å². The number of anilines is 1. The third kappa shape index (κ3) is 6.16. The normalized spacial score (nSPS) is 16.2. The van der Waals surface area contributed by atoms with Gasteiger partial charge < -0.3 is 20.4 Å². The second-order valence-electron chi connectivity index (χ2n) is 7.04. The van der Waals surface area contributed by atoms with Gasteiger partial charge in [-0.05, 0) is 26.0 Å². The summed E-state index contributed by atoms with van der Waals surface area (Å²) < 4.78 is 0. The van der Waals surface area contributed by atoms with Crippen LogP contribution in [-0.4, -0.2) is 62.2 Å². The van der Waals surface area contributed by atoms with Crippen LogP contribution in [0.1, 0.15) is 39.2 Å². The van der Waals surface area contributed by atoms with Crippen molar-refractivity contribution >= 4 is 11.8 Å². The molecule has 6 nitrogen and oxygen atoms in total. The molecule has 1 aliphatic rings. The van der Waals surface area contributed by atoms with Gasteiger partial charge in [-0.1, -0.05) is 32.8 Å². The van der Waals surface area contributed by atoms with Crippen LogP contribution in [0, 0.1) is 5.92 Å². The van der Waals surface area contributed by atoms with Crippen molar-refractivity contribution in [1.29, 1.82) is 0 Å². The average molecular weight is 361 g/mol. The van der Waals surface area contributed by atoms with Crippen molar-refractivity contribution in [2.24, 2.45) is 10.9 Å². The van der Waals surface area contributed by atoms with Gasteiger partial charge in [0.2, 0.25) is 0 Å². The summed E-state index contributed by atoms with van der Waals surface area (Å²) in [6, 6.07) is 4.16. The molecule has 2 heterocycles. The zero-order chi connectivity index (χ0) is 18.8. The highest BCUT2D eigenvalue weighted by atomic mass is 15.3. The van der Waals surface area contributed by atoms with E-state index in [0.717, 1.165) is 51.0 Å². The molecule has 0 amide bonds. The number of aliphatic imine (C=N–C) groups is 1. The zero-order valence-corrected chi connectivity index (χ0v) is 17.0. The van der Waals surface area contributed by atoms with Gasteiger partial charge in [0.1, 0.15) is 5.82 Å². The van der Waals surface area contributed by atoms with Crippen LogP contribution in [0.15, 0.2) is 23.3 Å². The number of hydrogen-bond acceptors (Lipinski definition) is 4. The van der Waals surface area contributed by atoms with Crippen molar-refractivity contribution in [3.05, 3.63) is 23.9 Å². The number of nitrogens with zero attached hydrogens (tertiary/aromatic N) is 4. The van der Waals surface area contributed by atoms with Crippen LogP contribution in [0.25, 0.3) is 0 Å². The largest absolute Gasteiger partial charge is 0.357 e. The molecule has 2 rings (SSSR count). The van der Waals surface area contributed by atoms with Gasteiger partial charge in [-0.2, -0.15) is 0 Å². The fourth-order valence-electron chi connectivity index (χ4n) is 3.18. The minimum Gasteiger partial charge on any atom is -0.357 e. The van der Waals surface area contributed by atoms with Gasteiger partial charge in [-0.15, -0.1) is 0 Å². The molecule has 0 aromatic carbocycles. The fraction of sp³-hybridized carbons (Fsp3) is 0.700. The number of piperazine rings is 1. The maximum Gasteiger partial charge on any atom is 0.191 e. The molecule has 1 aromatic rings. The molecule has 1 aliphatic heterocycles. The third-order valence-corrected chi connectivity index (χ3v) is 5.13. The Morgan fingerprint density at radius 2 is 1.88 bits per heavy atom. The van der Waals surface area contributed by atoms with Crippen molar-refractivity contribution in [3.63, 3.8) is 0 Å². The Labute approximate surface area is 159 Å². The number of nitrogens with one attached hydrogen (secondary N) is 2. The van der Waals surface area contributed by atoms with E-state index in [9.17, 15) is 0 Å². The number of hydrogen-bond donors (Lipinski definition) is 2. The second kappa shape index (κ2) is 11.0. The number of aromatic nitrogens is 1. The predicted molar refractivity (Wildman–Crippen MR) is 111 cm³/mol. The molecule has 2 N–H and O–H groups in total. The molecule has 0 bridgehead atoms. The van der Waals surface area contributed by atoms with Crippen molar-refractivity contribution in [2.75, 3.05) is 51.2 Å². The highest BCUT2D eigenvalue weighted by Crippen LogP contribution is 2.19. The van der Waals surface area contributed by atoms with E-state index in [4.69, 9.17) is 4.99 Å². The first-order valence-corrected chi connectivity index (χ1v) is 10.1. The maximum absolute atomic E-state index is 4.81. The van der Waals surface area contributed by atoms with E-state index >= 15 is 0 Å². The van der Waals surface area contributed by atoms with Gasteiger partial charge in [0.05, 0.1) is 6.54 Å². The van der Waals surface area contributed by atoms with Gasteiger partial charge in [-0.25, -0.2) is 9.98 Å². The molecule has 6 heteroatoms. The molecule has 0 atom stereocenters. The Morgan fingerprint density at radius 1 is 1.15 bits per heavy atom. The molecule has 1 aromatic heterocycles. The summed E-state index contributed by atoms with van der Waals surface area (Å²) >= 11 is 0. The molecule has 0 spiro atoms. The average Bonchev–Trinajstić information content (AvgIpc) is 2.67. The van der Waals surface area contributed by atoms with Crippen LogP contribution in [0.2, 0.25) is 0 Å². The Hall–Kier alpha value is -1.82. The molecular weight excluding hydrogens is 324 g/mol. The highest BCUT2D eigenvalue weighted by molar-refractivity contribution is 5.79. The van der Waals surface area contributed by atoms with E-state index in [0.29, 0.717) is 12.5 Å². The van der Waals surface area contributed by atoms with Crippen molar-refractivity contribution in [3.8, 4) is 0 Å². The number of guanidine groups is 1. The number of rotatable bonds is 8.